The van der Waals surface area contributed by atoms with Gasteiger partial charge in [-0.1, -0.05) is 6.07 Å². The second-order valence-electron chi connectivity index (χ2n) is 4.30. The number of piperidine rings is 1. The van der Waals surface area contributed by atoms with E-state index < -0.39 is 0 Å². The molecular weight excluding hydrogens is 214 g/mol. The first-order valence-corrected chi connectivity index (χ1v) is 5.82. The molecule has 0 saturated carbocycles. The highest BCUT2D eigenvalue weighted by molar-refractivity contribution is 5.50. The summed E-state index contributed by atoms with van der Waals surface area (Å²) < 4.78 is 1.85. The Labute approximate surface area is 99.3 Å². The van der Waals surface area contributed by atoms with E-state index in [4.69, 9.17) is 5.26 Å². The van der Waals surface area contributed by atoms with Crippen LogP contribution in [0.25, 0.3) is 5.65 Å². The lowest BCUT2D eigenvalue weighted by Gasteiger charge is -2.30. The van der Waals surface area contributed by atoms with Gasteiger partial charge in [0.25, 0.3) is 0 Å². The second kappa shape index (κ2) is 4.06. The molecule has 1 fully saturated rings. The molecule has 0 amide bonds. The average molecular weight is 227 g/mol. The molecule has 0 N–H and O–H groups in total. The third-order valence-electron chi connectivity index (χ3n) is 3.28. The molecule has 0 unspecified atom stereocenters. The largest absolute Gasteiger partial charge is 0.356 e. The number of nitriles is 1. The molecule has 0 atom stereocenters. The minimum Gasteiger partial charge on any atom is -0.356 e. The summed E-state index contributed by atoms with van der Waals surface area (Å²) in [5.41, 5.74) is 0.866. The van der Waals surface area contributed by atoms with Crippen LogP contribution in [-0.2, 0) is 0 Å². The molecule has 0 aliphatic carbocycles. The van der Waals surface area contributed by atoms with Crippen molar-refractivity contribution in [3.63, 3.8) is 0 Å². The second-order valence-corrected chi connectivity index (χ2v) is 4.30. The van der Waals surface area contributed by atoms with Crippen molar-refractivity contribution >= 4 is 11.5 Å². The molecule has 5 heteroatoms. The Balaban J connectivity index is 1.90. The summed E-state index contributed by atoms with van der Waals surface area (Å²) in [6, 6.07) is 8.34. The van der Waals surface area contributed by atoms with Crippen molar-refractivity contribution < 1.29 is 0 Å². The molecule has 3 heterocycles. The van der Waals surface area contributed by atoms with Crippen LogP contribution in [0, 0.1) is 17.2 Å². The molecule has 0 spiro atoms. The van der Waals surface area contributed by atoms with Crippen LogP contribution in [0.4, 0.5) is 5.82 Å². The fourth-order valence-electron chi connectivity index (χ4n) is 2.31. The number of hydrogen-bond acceptors (Lipinski definition) is 4. The first kappa shape index (κ1) is 10.1. The van der Waals surface area contributed by atoms with E-state index in [0.29, 0.717) is 0 Å². The van der Waals surface area contributed by atoms with Gasteiger partial charge in [0.2, 0.25) is 0 Å². The zero-order valence-corrected chi connectivity index (χ0v) is 9.45. The predicted octanol–water partition coefficient (Wildman–Crippen LogP) is 1.47. The topological polar surface area (TPSA) is 57.2 Å². The lowest BCUT2D eigenvalue weighted by atomic mass is 9.99. The molecule has 17 heavy (non-hydrogen) atoms. The van der Waals surface area contributed by atoms with Crippen LogP contribution in [0.1, 0.15) is 12.8 Å². The molecule has 0 aromatic carbocycles. The van der Waals surface area contributed by atoms with E-state index in [9.17, 15) is 0 Å². The van der Waals surface area contributed by atoms with E-state index in [1.165, 1.54) is 0 Å². The molecule has 1 aliphatic rings. The summed E-state index contributed by atoms with van der Waals surface area (Å²) in [7, 11) is 0. The summed E-state index contributed by atoms with van der Waals surface area (Å²) in [5, 5.41) is 13.1. The summed E-state index contributed by atoms with van der Waals surface area (Å²) in [6.07, 6.45) is 3.43. The Morgan fingerprint density at radius 1 is 1.29 bits per heavy atom. The Hall–Kier alpha value is -2.09. The number of nitrogens with zero attached hydrogens (tertiary/aromatic N) is 5. The molecule has 3 rings (SSSR count). The Morgan fingerprint density at radius 3 is 2.88 bits per heavy atom. The third kappa shape index (κ3) is 1.72. The maximum atomic E-state index is 8.89. The Kier molecular flexibility index (Phi) is 2.41. The minimum atomic E-state index is 0.209. The van der Waals surface area contributed by atoms with E-state index in [2.05, 4.69) is 21.1 Å². The van der Waals surface area contributed by atoms with Gasteiger partial charge in [0, 0.05) is 19.0 Å². The number of rotatable bonds is 1. The van der Waals surface area contributed by atoms with Gasteiger partial charge in [0.05, 0.1) is 6.07 Å². The van der Waals surface area contributed by atoms with Gasteiger partial charge >= 0.3 is 0 Å². The van der Waals surface area contributed by atoms with Crippen molar-refractivity contribution in [2.75, 3.05) is 18.0 Å². The van der Waals surface area contributed by atoms with E-state index in [1.807, 2.05) is 22.7 Å². The van der Waals surface area contributed by atoms with E-state index in [1.54, 1.807) is 6.33 Å². The number of anilines is 1. The monoisotopic (exact) mass is 227 g/mol. The van der Waals surface area contributed by atoms with Crippen molar-refractivity contribution in [3.05, 3.63) is 24.5 Å². The molecule has 1 aliphatic heterocycles. The van der Waals surface area contributed by atoms with Gasteiger partial charge in [-0.2, -0.15) is 14.9 Å². The molecule has 0 radical (unpaired) electrons. The number of aromatic nitrogens is 3. The van der Waals surface area contributed by atoms with Crippen molar-refractivity contribution in [3.8, 4) is 6.07 Å². The van der Waals surface area contributed by atoms with Crippen LogP contribution in [0.5, 0.6) is 0 Å². The van der Waals surface area contributed by atoms with Gasteiger partial charge < -0.3 is 4.90 Å². The molecule has 5 nitrogen and oxygen atoms in total. The molecular formula is C12H13N5. The third-order valence-corrected chi connectivity index (χ3v) is 3.28. The van der Waals surface area contributed by atoms with E-state index in [-0.39, 0.29) is 5.92 Å². The summed E-state index contributed by atoms with van der Waals surface area (Å²) >= 11 is 0. The molecule has 86 valence electrons. The van der Waals surface area contributed by atoms with Crippen LogP contribution >= 0.6 is 0 Å². The van der Waals surface area contributed by atoms with Crippen LogP contribution in [0.15, 0.2) is 24.5 Å². The van der Waals surface area contributed by atoms with Gasteiger partial charge in [0.1, 0.15) is 12.1 Å². The maximum Gasteiger partial charge on any atom is 0.157 e. The Morgan fingerprint density at radius 2 is 2.12 bits per heavy atom. The van der Waals surface area contributed by atoms with Crippen LogP contribution in [-0.4, -0.2) is 27.7 Å². The van der Waals surface area contributed by atoms with Crippen LogP contribution in [0.3, 0.4) is 0 Å². The normalized spacial score (nSPS) is 17.2. The maximum absolute atomic E-state index is 8.89. The van der Waals surface area contributed by atoms with Crippen molar-refractivity contribution in [1.82, 2.24) is 14.6 Å². The highest BCUT2D eigenvalue weighted by atomic mass is 15.4. The number of pyridine rings is 1. The fourth-order valence-corrected chi connectivity index (χ4v) is 2.31. The highest BCUT2D eigenvalue weighted by Gasteiger charge is 2.20. The molecule has 2 aromatic heterocycles. The SMILES string of the molecule is N#CC1CCN(c2cccc3ncnn23)CC1. The van der Waals surface area contributed by atoms with Crippen LogP contribution < -0.4 is 4.90 Å². The minimum absolute atomic E-state index is 0.209. The number of hydrogen-bond donors (Lipinski definition) is 0. The lowest BCUT2D eigenvalue weighted by molar-refractivity contribution is 0.483. The Bertz CT molecular complexity index is 560. The summed E-state index contributed by atoms with van der Waals surface area (Å²) in [5.74, 6) is 1.28. The quantitative estimate of drug-likeness (QED) is 0.740. The average Bonchev–Trinajstić information content (AvgIpc) is 2.87. The van der Waals surface area contributed by atoms with Gasteiger partial charge in [-0.15, -0.1) is 0 Å². The number of fused-ring (bicyclic) bond motifs is 1. The van der Waals surface area contributed by atoms with Crippen molar-refractivity contribution in [2.24, 2.45) is 5.92 Å². The van der Waals surface area contributed by atoms with Gasteiger partial charge in [-0.3, -0.25) is 0 Å². The van der Waals surface area contributed by atoms with E-state index >= 15 is 0 Å². The fraction of sp³-hybridized carbons (Fsp3) is 0.417. The molecule has 1 saturated heterocycles. The molecule has 0 bridgehead atoms. The first-order chi connectivity index (χ1) is 8.38. The van der Waals surface area contributed by atoms with Gasteiger partial charge in [0.15, 0.2) is 5.65 Å². The first-order valence-electron chi connectivity index (χ1n) is 5.82. The smallest absolute Gasteiger partial charge is 0.157 e. The summed E-state index contributed by atoms with van der Waals surface area (Å²) in [4.78, 5) is 6.45. The van der Waals surface area contributed by atoms with Gasteiger partial charge in [-0.05, 0) is 25.0 Å². The van der Waals surface area contributed by atoms with Gasteiger partial charge in [-0.25, -0.2) is 4.98 Å². The standard InChI is InChI=1S/C12H13N5/c13-8-10-4-6-16(7-5-10)12-3-1-2-11-14-9-15-17(11)12/h1-3,9-10H,4-7H2. The summed E-state index contributed by atoms with van der Waals surface area (Å²) in [6.45, 7) is 1.83. The van der Waals surface area contributed by atoms with Crippen molar-refractivity contribution in [2.45, 2.75) is 12.8 Å². The van der Waals surface area contributed by atoms with E-state index in [0.717, 1.165) is 37.4 Å². The lowest BCUT2D eigenvalue weighted by Crippen LogP contribution is -2.34. The zero-order valence-electron chi connectivity index (χ0n) is 9.45. The predicted molar refractivity (Wildman–Crippen MR) is 63.5 cm³/mol. The highest BCUT2D eigenvalue weighted by Crippen LogP contribution is 2.22. The van der Waals surface area contributed by atoms with Crippen LogP contribution in [0.2, 0.25) is 0 Å². The zero-order chi connectivity index (χ0) is 11.7. The molecule has 2 aromatic rings. The van der Waals surface area contributed by atoms with Crippen molar-refractivity contribution in [1.29, 1.82) is 5.26 Å².